The topological polar surface area (TPSA) is 41.1 Å². The zero-order chi connectivity index (χ0) is 15.5. The van der Waals surface area contributed by atoms with Crippen molar-refractivity contribution in [1.82, 2.24) is 15.3 Å². The number of nitrogens with zero attached hydrogens (tertiary/aromatic N) is 3. The van der Waals surface area contributed by atoms with E-state index in [1.807, 2.05) is 11.7 Å². The van der Waals surface area contributed by atoms with Crippen LogP contribution in [0.1, 0.15) is 37.6 Å². The minimum absolute atomic E-state index is 0.119. The van der Waals surface area contributed by atoms with Crippen LogP contribution in [-0.4, -0.2) is 22.6 Å². The molecule has 0 aliphatic rings. The van der Waals surface area contributed by atoms with Crippen LogP contribution in [0.2, 0.25) is 0 Å². The second kappa shape index (κ2) is 6.54. The van der Waals surface area contributed by atoms with Crippen molar-refractivity contribution in [3.8, 4) is 0 Å². The van der Waals surface area contributed by atoms with Gasteiger partial charge in [0.2, 0.25) is 0 Å². The molecule has 0 saturated carbocycles. The second-order valence-electron chi connectivity index (χ2n) is 6.42. The van der Waals surface area contributed by atoms with Gasteiger partial charge in [0.15, 0.2) is 0 Å². The Hall–Kier alpha value is -1.46. The lowest BCUT2D eigenvalue weighted by Crippen LogP contribution is -2.35. The summed E-state index contributed by atoms with van der Waals surface area (Å²) in [7, 11) is 2.06. The molecule has 0 bridgehead atoms. The van der Waals surface area contributed by atoms with Gasteiger partial charge in [-0.15, -0.1) is 11.3 Å². The molecule has 4 nitrogen and oxygen atoms in total. The number of hydrogen-bond donors (Lipinski definition) is 1. The molecule has 114 valence electrons. The average Bonchev–Trinajstić information content (AvgIpc) is 2.88. The third kappa shape index (κ3) is 4.79. The van der Waals surface area contributed by atoms with Crippen molar-refractivity contribution >= 4 is 17.2 Å². The minimum atomic E-state index is 0.119. The monoisotopic (exact) mass is 304 g/mol. The largest absolute Gasteiger partial charge is 0.354 e. The number of thiazole rings is 1. The Morgan fingerprint density at radius 1 is 1.29 bits per heavy atom. The highest BCUT2D eigenvalue weighted by Crippen LogP contribution is 2.19. The van der Waals surface area contributed by atoms with E-state index in [0.29, 0.717) is 0 Å². The second-order valence-corrected chi connectivity index (χ2v) is 7.14. The van der Waals surface area contributed by atoms with E-state index < -0.39 is 0 Å². The lowest BCUT2D eigenvalue weighted by Gasteiger charge is -2.22. The van der Waals surface area contributed by atoms with E-state index in [4.69, 9.17) is 0 Å². The lowest BCUT2D eigenvalue weighted by molar-refractivity contribution is 0.424. The maximum Gasteiger partial charge on any atom is 0.131 e. The Labute approximate surface area is 131 Å². The molecular weight excluding hydrogens is 280 g/mol. The van der Waals surface area contributed by atoms with Crippen molar-refractivity contribution in [3.63, 3.8) is 0 Å². The van der Waals surface area contributed by atoms with E-state index in [1.54, 1.807) is 11.3 Å². The molecule has 2 heterocycles. The standard InChI is InChI=1S/C16H24N4S/c1-12-6-13(8-19-16(2,3)4)7-17-15(12)20(5)9-14-10-21-11-18-14/h6-7,10-11,19H,8-9H2,1-5H3. The van der Waals surface area contributed by atoms with Crippen molar-refractivity contribution in [1.29, 1.82) is 0 Å². The molecule has 1 N–H and O–H groups in total. The molecule has 5 heteroatoms. The van der Waals surface area contributed by atoms with Crippen LogP contribution < -0.4 is 10.2 Å². The zero-order valence-corrected chi connectivity index (χ0v) is 14.3. The van der Waals surface area contributed by atoms with Crippen molar-refractivity contribution < 1.29 is 0 Å². The highest BCUT2D eigenvalue weighted by atomic mass is 32.1. The molecule has 0 aliphatic heterocycles. The van der Waals surface area contributed by atoms with Crippen molar-refractivity contribution in [3.05, 3.63) is 40.0 Å². The van der Waals surface area contributed by atoms with Gasteiger partial charge in [-0.25, -0.2) is 9.97 Å². The summed E-state index contributed by atoms with van der Waals surface area (Å²) in [6, 6.07) is 2.21. The molecule has 0 atom stereocenters. The smallest absolute Gasteiger partial charge is 0.131 e. The average molecular weight is 304 g/mol. The minimum Gasteiger partial charge on any atom is -0.354 e. The molecule has 0 aromatic carbocycles. The Balaban J connectivity index is 2.04. The number of rotatable bonds is 5. The summed E-state index contributed by atoms with van der Waals surface area (Å²) in [5.41, 5.74) is 5.48. The van der Waals surface area contributed by atoms with Crippen LogP contribution in [0.3, 0.4) is 0 Å². The van der Waals surface area contributed by atoms with Gasteiger partial charge >= 0.3 is 0 Å². The number of anilines is 1. The quantitative estimate of drug-likeness (QED) is 0.919. The lowest BCUT2D eigenvalue weighted by atomic mass is 10.1. The molecule has 21 heavy (non-hydrogen) atoms. The number of aryl methyl sites for hydroxylation is 1. The van der Waals surface area contributed by atoms with Gasteiger partial charge in [-0.1, -0.05) is 0 Å². The van der Waals surface area contributed by atoms with Crippen LogP contribution in [0.15, 0.2) is 23.2 Å². The normalized spacial score (nSPS) is 11.7. The van der Waals surface area contributed by atoms with Gasteiger partial charge in [0, 0.05) is 30.7 Å². The molecule has 0 fully saturated rings. The van der Waals surface area contributed by atoms with Crippen LogP contribution in [0.4, 0.5) is 5.82 Å². The highest BCUT2D eigenvalue weighted by molar-refractivity contribution is 7.07. The number of nitrogens with one attached hydrogen (secondary N) is 1. The summed E-state index contributed by atoms with van der Waals surface area (Å²) in [4.78, 5) is 11.1. The first kappa shape index (κ1) is 15.9. The Morgan fingerprint density at radius 3 is 2.62 bits per heavy atom. The van der Waals surface area contributed by atoms with Gasteiger partial charge in [0.05, 0.1) is 17.7 Å². The Kier molecular flexibility index (Phi) is 4.96. The van der Waals surface area contributed by atoms with Crippen molar-refractivity contribution in [2.45, 2.75) is 46.3 Å². The SMILES string of the molecule is Cc1cc(CNC(C)(C)C)cnc1N(C)Cc1cscn1. The highest BCUT2D eigenvalue weighted by Gasteiger charge is 2.11. The van der Waals surface area contributed by atoms with E-state index in [2.05, 4.69) is 66.4 Å². The maximum atomic E-state index is 4.62. The summed E-state index contributed by atoms with van der Waals surface area (Å²) in [6.45, 7) is 10.3. The van der Waals surface area contributed by atoms with Crippen LogP contribution in [0.5, 0.6) is 0 Å². The molecular formula is C16H24N4S. The van der Waals surface area contributed by atoms with Gasteiger partial charge in [-0.2, -0.15) is 0 Å². The molecule has 0 amide bonds. The molecule has 0 spiro atoms. The first-order valence-corrected chi connectivity index (χ1v) is 8.08. The fraction of sp³-hybridized carbons (Fsp3) is 0.500. The van der Waals surface area contributed by atoms with Gasteiger partial charge in [0.25, 0.3) is 0 Å². The van der Waals surface area contributed by atoms with Crippen LogP contribution >= 0.6 is 11.3 Å². The van der Waals surface area contributed by atoms with E-state index >= 15 is 0 Å². The Bertz CT molecular complexity index is 572. The van der Waals surface area contributed by atoms with Crippen molar-refractivity contribution in [2.75, 3.05) is 11.9 Å². The first-order valence-electron chi connectivity index (χ1n) is 7.14. The van der Waals surface area contributed by atoms with Crippen LogP contribution in [-0.2, 0) is 13.1 Å². The molecule has 0 aliphatic carbocycles. The molecule has 0 unspecified atom stereocenters. The number of pyridine rings is 1. The maximum absolute atomic E-state index is 4.62. The first-order chi connectivity index (χ1) is 9.85. The van der Waals surface area contributed by atoms with E-state index in [1.165, 1.54) is 11.1 Å². The molecule has 2 rings (SSSR count). The summed E-state index contributed by atoms with van der Waals surface area (Å²) in [5.74, 6) is 1.02. The Morgan fingerprint density at radius 2 is 2.05 bits per heavy atom. The zero-order valence-electron chi connectivity index (χ0n) is 13.5. The van der Waals surface area contributed by atoms with Gasteiger partial charge < -0.3 is 10.2 Å². The third-order valence-electron chi connectivity index (χ3n) is 3.17. The molecule has 2 aromatic heterocycles. The summed E-state index contributed by atoms with van der Waals surface area (Å²) in [5, 5.41) is 5.57. The van der Waals surface area contributed by atoms with Crippen molar-refractivity contribution in [2.24, 2.45) is 0 Å². The third-order valence-corrected chi connectivity index (χ3v) is 3.81. The molecule has 2 aromatic rings. The van der Waals surface area contributed by atoms with E-state index in [-0.39, 0.29) is 5.54 Å². The molecule has 0 radical (unpaired) electrons. The predicted molar refractivity (Wildman–Crippen MR) is 89.8 cm³/mol. The summed E-state index contributed by atoms with van der Waals surface area (Å²) >= 11 is 1.63. The van der Waals surface area contributed by atoms with Gasteiger partial charge in [-0.3, -0.25) is 0 Å². The fourth-order valence-corrected chi connectivity index (χ4v) is 2.67. The predicted octanol–water partition coefficient (Wildman–Crippen LogP) is 3.37. The fourth-order valence-electron chi connectivity index (χ4n) is 2.12. The van der Waals surface area contributed by atoms with Gasteiger partial charge in [0.1, 0.15) is 5.82 Å². The number of aromatic nitrogens is 2. The number of hydrogen-bond acceptors (Lipinski definition) is 5. The van der Waals surface area contributed by atoms with Gasteiger partial charge in [-0.05, 0) is 44.9 Å². The van der Waals surface area contributed by atoms with E-state index in [9.17, 15) is 0 Å². The van der Waals surface area contributed by atoms with Crippen LogP contribution in [0, 0.1) is 6.92 Å². The summed E-state index contributed by atoms with van der Waals surface area (Å²) in [6.07, 6.45) is 1.96. The van der Waals surface area contributed by atoms with E-state index in [0.717, 1.165) is 24.6 Å². The molecule has 0 saturated heterocycles. The summed E-state index contributed by atoms with van der Waals surface area (Å²) < 4.78 is 0. The van der Waals surface area contributed by atoms with Crippen LogP contribution in [0.25, 0.3) is 0 Å².